The van der Waals surface area contributed by atoms with Crippen molar-refractivity contribution >= 4 is 23.8 Å². The Kier molecular flexibility index (Phi) is 59.7. The monoisotopic (exact) mass is 1420 g/mol. The van der Waals surface area contributed by atoms with E-state index in [9.17, 15) is 0 Å². The molecule has 0 aliphatic rings. The Labute approximate surface area is 619 Å². The Morgan fingerprint density at radius 1 is 0.160 bits per heavy atom. The van der Waals surface area contributed by atoms with E-state index in [4.69, 9.17) is 42.6 Å². The molecule has 0 spiro atoms. The van der Waals surface area contributed by atoms with Crippen LogP contribution in [-0.2, 0) is 0 Å². The lowest BCUT2D eigenvalue weighted by molar-refractivity contribution is 0.278. The van der Waals surface area contributed by atoms with Gasteiger partial charge in [0.2, 0.25) is 0 Å². The minimum atomic E-state index is -1.79. The highest BCUT2D eigenvalue weighted by Gasteiger charge is 2.37. The molecule has 9 nitrogen and oxygen atoms in total. The van der Waals surface area contributed by atoms with Crippen molar-refractivity contribution < 1.29 is 42.6 Å². The molecule has 0 heterocycles. The van der Waals surface area contributed by atoms with Crippen molar-refractivity contribution in [2.75, 3.05) is 59.5 Å². The van der Waals surface area contributed by atoms with Gasteiger partial charge in [0.1, 0.15) is 51.7 Å². The Morgan fingerprint density at radius 3 is 0.420 bits per heavy atom. The second kappa shape index (κ2) is 66.0. The van der Waals surface area contributed by atoms with Crippen LogP contribution < -0.4 is 58.5 Å². The molecular weight excluding hydrogens is 1260 g/mol. The molecule has 3 rings (SSSR count). The molecule has 10 heteroatoms. The predicted octanol–water partition coefficient (Wildman–Crippen LogP) is 28.1. The number of hydrogen-bond donors (Lipinski definition) is 0. The van der Waals surface area contributed by atoms with Crippen molar-refractivity contribution in [2.45, 2.75) is 409 Å². The minimum Gasteiger partial charge on any atom is -0.493 e. The van der Waals surface area contributed by atoms with Gasteiger partial charge in [0.05, 0.1) is 75.4 Å². The number of benzene rings is 3. The fraction of sp³-hybridized carbons (Fsp3) is 0.800. The molecule has 0 radical (unpaired) electrons. The van der Waals surface area contributed by atoms with E-state index in [-0.39, 0.29) is 0 Å². The highest BCUT2D eigenvalue weighted by molar-refractivity contribution is 7.81. The van der Waals surface area contributed by atoms with Gasteiger partial charge in [0.25, 0.3) is 0 Å². The molecule has 0 saturated heterocycles. The summed E-state index contributed by atoms with van der Waals surface area (Å²) in [5.41, 5.74) is 0. The zero-order chi connectivity index (χ0) is 71.7. The van der Waals surface area contributed by atoms with Gasteiger partial charge in [-0.05, 0) is 57.8 Å². The first-order chi connectivity index (χ1) is 49.4. The van der Waals surface area contributed by atoms with E-state index in [1.54, 1.807) is 0 Å². The molecule has 3 aromatic rings. The van der Waals surface area contributed by atoms with Crippen LogP contribution in [0.25, 0.3) is 0 Å². The number of rotatable bonds is 75. The van der Waals surface area contributed by atoms with E-state index in [0.717, 1.165) is 183 Å². The van der Waals surface area contributed by atoms with E-state index in [0.29, 0.717) is 59.5 Å². The summed E-state index contributed by atoms with van der Waals surface area (Å²) in [6.45, 7) is 26.0. The van der Waals surface area contributed by atoms with Crippen LogP contribution in [0, 0.1) is 0 Å². The molecule has 0 saturated carbocycles. The Bertz CT molecular complexity index is 1940. The van der Waals surface area contributed by atoms with Crippen LogP contribution in [0.15, 0.2) is 36.4 Å². The first-order valence-electron chi connectivity index (χ1n) is 43.4. The van der Waals surface area contributed by atoms with Gasteiger partial charge in [-0.15, -0.1) is 0 Å². The molecule has 0 aliphatic carbocycles. The topological polar surface area (TPSA) is 83.1 Å². The van der Waals surface area contributed by atoms with Crippen LogP contribution in [-0.4, -0.2) is 59.5 Å². The molecule has 0 bridgehead atoms. The van der Waals surface area contributed by atoms with Crippen molar-refractivity contribution in [2.24, 2.45) is 0 Å². The van der Waals surface area contributed by atoms with Crippen LogP contribution in [0.2, 0.25) is 0 Å². The average Bonchev–Trinajstić information content (AvgIpc) is 0.743. The van der Waals surface area contributed by atoms with Crippen molar-refractivity contribution in [1.82, 2.24) is 0 Å². The minimum absolute atomic E-state index is 0.571. The molecule has 0 unspecified atom stereocenters. The van der Waals surface area contributed by atoms with E-state index < -0.39 is 7.92 Å². The zero-order valence-electron chi connectivity index (χ0n) is 67.1. The third kappa shape index (κ3) is 43.5. The second-order valence-corrected chi connectivity index (χ2v) is 31.2. The van der Waals surface area contributed by atoms with E-state index in [2.05, 4.69) is 98.7 Å². The molecule has 0 aliphatic heterocycles. The molecule has 3 aromatic carbocycles. The number of ether oxygens (including phenoxy) is 9. The Morgan fingerprint density at radius 2 is 0.280 bits per heavy atom. The van der Waals surface area contributed by atoms with Crippen LogP contribution >= 0.6 is 7.92 Å². The summed E-state index contributed by atoms with van der Waals surface area (Å²) in [5, 5.41) is 2.97. The van der Waals surface area contributed by atoms with Crippen molar-refractivity contribution in [3.63, 3.8) is 0 Å². The van der Waals surface area contributed by atoms with Gasteiger partial charge in [-0.1, -0.05) is 351 Å². The van der Waals surface area contributed by atoms with Gasteiger partial charge in [-0.3, -0.25) is 0 Å². The molecule has 0 fully saturated rings. The normalized spacial score (nSPS) is 11.5. The van der Waals surface area contributed by atoms with Crippen molar-refractivity contribution in [3.05, 3.63) is 36.4 Å². The summed E-state index contributed by atoms with van der Waals surface area (Å²) in [6, 6.07) is 13.3. The maximum atomic E-state index is 7.53. The van der Waals surface area contributed by atoms with E-state index in [1.165, 1.54) is 231 Å². The highest BCUT2D eigenvalue weighted by atomic mass is 31.1. The van der Waals surface area contributed by atoms with Gasteiger partial charge in [-0.25, -0.2) is 0 Å². The third-order valence-corrected chi connectivity index (χ3v) is 22.2. The molecule has 0 aromatic heterocycles. The molecule has 0 atom stereocenters. The largest absolute Gasteiger partial charge is 0.493 e. The summed E-state index contributed by atoms with van der Waals surface area (Å²) in [5.74, 6) is 7.11. The van der Waals surface area contributed by atoms with Gasteiger partial charge in [0, 0.05) is 44.3 Å². The zero-order valence-corrected chi connectivity index (χ0v) is 68.0. The van der Waals surface area contributed by atoms with Crippen LogP contribution in [0.4, 0.5) is 0 Å². The third-order valence-electron chi connectivity index (χ3n) is 19.5. The number of unbranched alkanes of at least 4 members (excludes halogenated alkanes) is 45. The molecule has 0 amide bonds. The fourth-order valence-corrected chi connectivity index (χ4v) is 16.0. The molecule has 578 valence electrons. The molecular formula is C90H159O9P. The lowest BCUT2D eigenvalue weighted by atomic mass is 10.1. The van der Waals surface area contributed by atoms with Crippen molar-refractivity contribution in [1.29, 1.82) is 0 Å². The SMILES string of the molecule is CCCCCCCCOc1cc(OCCCCCCCC)c(P(c2c(OCCCCCCCC)cc(OCCCCCCCC)cc2OCCCCCCCC)c2c(OCCCCCCCC)cc(OCCCCCCCC)cc2OCCCCCCCC)c(OCCCCCCCC)c1. The smallest absolute Gasteiger partial charge is 0.135 e. The fourth-order valence-electron chi connectivity index (χ4n) is 13.2. The highest BCUT2D eigenvalue weighted by Crippen LogP contribution is 2.53. The second-order valence-electron chi connectivity index (χ2n) is 29.2. The standard InChI is InChI=1S/C90H159O9P/c1-10-19-28-37-46-55-64-91-79-73-82(94-67-58-49-40-31-22-13-4)88(83(74-79)95-68-59-50-41-32-23-14-5)100(89-84(96-69-60-51-42-33-24-15-6)75-80(92-65-56-47-38-29-20-11-2)76-85(89)97-70-61-52-43-34-25-16-7)90-86(98-71-62-53-44-35-26-17-8)77-81(93-66-57-48-39-30-21-12-3)78-87(90)99-72-63-54-45-36-27-18-9/h73-78H,10-72H2,1-9H3. The van der Waals surface area contributed by atoms with Gasteiger partial charge < -0.3 is 42.6 Å². The quantitative estimate of drug-likeness (QED) is 0.0405. The first-order valence-corrected chi connectivity index (χ1v) is 44.8. The Hall–Kier alpha value is -3.71. The van der Waals surface area contributed by atoms with E-state index in [1.807, 2.05) is 0 Å². The van der Waals surface area contributed by atoms with E-state index >= 15 is 0 Å². The predicted molar refractivity (Wildman–Crippen MR) is 435 cm³/mol. The summed E-state index contributed by atoms with van der Waals surface area (Å²) >= 11 is 0. The average molecular weight is 1420 g/mol. The van der Waals surface area contributed by atoms with Crippen LogP contribution in [0.3, 0.4) is 0 Å². The summed E-state index contributed by atoms with van der Waals surface area (Å²) < 4.78 is 66.1. The van der Waals surface area contributed by atoms with Gasteiger partial charge in [-0.2, -0.15) is 0 Å². The van der Waals surface area contributed by atoms with Crippen LogP contribution in [0.5, 0.6) is 51.7 Å². The summed E-state index contributed by atoms with van der Waals surface area (Å²) in [4.78, 5) is 0. The van der Waals surface area contributed by atoms with Crippen LogP contribution in [0.1, 0.15) is 409 Å². The van der Waals surface area contributed by atoms with Crippen molar-refractivity contribution in [3.8, 4) is 51.7 Å². The summed E-state index contributed by atoms with van der Waals surface area (Å²) in [6.07, 6.45) is 63.4. The maximum Gasteiger partial charge on any atom is 0.135 e. The number of hydrogen-bond acceptors (Lipinski definition) is 9. The first kappa shape index (κ1) is 90.5. The maximum absolute atomic E-state index is 7.53. The lowest BCUT2D eigenvalue weighted by Crippen LogP contribution is -2.29. The summed E-state index contributed by atoms with van der Waals surface area (Å²) in [7, 11) is -1.79. The lowest BCUT2D eigenvalue weighted by Gasteiger charge is -2.31. The van der Waals surface area contributed by atoms with Gasteiger partial charge >= 0.3 is 0 Å². The molecule has 100 heavy (non-hydrogen) atoms. The Balaban J connectivity index is 2.73. The van der Waals surface area contributed by atoms with Gasteiger partial charge in [0.15, 0.2) is 0 Å². The molecule has 0 N–H and O–H groups in total.